The predicted octanol–water partition coefficient (Wildman–Crippen LogP) is 3.83. The number of aromatic nitrogens is 3. The third kappa shape index (κ3) is 4.14. The van der Waals surface area contributed by atoms with Gasteiger partial charge in [0, 0.05) is 41.5 Å². The second-order valence-corrected chi connectivity index (χ2v) is 8.42. The fourth-order valence-corrected chi connectivity index (χ4v) is 4.49. The molecule has 0 aliphatic heterocycles. The minimum absolute atomic E-state index is 0.148. The van der Waals surface area contributed by atoms with E-state index in [1.165, 1.54) is 4.68 Å². The molecule has 0 bridgehead atoms. The van der Waals surface area contributed by atoms with E-state index in [0.717, 1.165) is 16.5 Å². The van der Waals surface area contributed by atoms with Gasteiger partial charge in [-0.1, -0.05) is 18.2 Å². The summed E-state index contributed by atoms with van der Waals surface area (Å²) in [5, 5.41) is 8.78. The summed E-state index contributed by atoms with van der Waals surface area (Å²) >= 11 is 0. The Kier molecular flexibility index (Phi) is 6.27. The predicted molar refractivity (Wildman–Crippen MR) is 141 cm³/mol. The lowest BCUT2D eigenvalue weighted by Gasteiger charge is -2.13. The molecule has 37 heavy (non-hydrogen) atoms. The summed E-state index contributed by atoms with van der Waals surface area (Å²) in [6.07, 6.45) is 0. The van der Waals surface area contributed by atoms with Crippen molar-refractivity contribution in [3.8, 4) is 22.9 Å². The van der Waals surface area contributed by atoms with Gasteiger partial charge in [0.1, 0.15) is 22.8 Å². The van der Waals surface area contributed by atoms with Crippen molar-refractivity contribution < 1.29 is 19.0 Å². The molecule has 0 saturated carbocycles. The zero-order chi connectivity index (χ0) is 26.1. The Morgan fingerprint density at radius 3 is 2.32 bits per heavy atom. The summed E-state index contributed by atoms with van der Waals surface area (Å²) in [7, 11) is 6.52. The first-order chi connectivity index (χ1) is 18.0. The van der Waals surface area contributed by atoms with Crippen molar-refractivity contribution in [1.82, 2.24) is 19.7 Å². The van der Waals surface area contributed by atoms with Gasteiger partial charge in [-0.05, 0) is 42.5 Å². The van der Waals surface area contributed by atoms with Crippen LogP contribution in [0.2, 0.25) is 0 Å². The van der Waals surface area contributed by atoms with Crippen LogP contribution in [0.5, 0.6) is 17.2 Å². The van der Waals surface area contributed by atoms with Gasteiger partial charge in [-0.2, -0.15) is 9.78 Å². The molecule has 5 rings (SSSR count). The van der Waals surface area contributed by atoms with E-state index in [9.17, 15) is 9.59 Å². The summed E-state index contributed by atoms with van der Waals surface area (Å²) in [5.41, 5.74) is 2.33. The zero-order valence-electron chi connectivity index (χ0n) is 20.9. The molecule has 1 amide bonds. The van der Waals surface area contributed by atoms with E-state index in [1.54, 1.807) is 62.3 Å². The molecule has 2 aromatic heterocycles. The smallest absolute Gasteiger partial charge is 0.296 e. The van der Waals surface area contributed by atoms with Crippen LogP contribution in [-0.2, 0) is 13.6 Å². The maximum absolute atomic E-state index is 13.7. The Balaban J connectivity index is 1.65. The molecule has 0 spiro atoms. The van der Waals surface area contributed by atoms with Crippen molar-refractivity contribution >= 4 is 27.7 Å². The summed E-state index contributed by atoms with van der Waals surface area (Å²) in [6, 6.07) is 19.9. The number of fused-ring (bicyclic) bond motifs is 3. The number of nitrogens with zero attached hydrogens (tertiary/aromatic N) is 3. The number of aryl methyl sites for hydroxylation is 1. The summed E-state index contributed by atoms with van der Waals surface area (Å²) < 4.78 is 19.0. The second kappa shape index (κ2) is 9.69. The van der Waals surface area contributed by atoms with Crippen molar-refractivity contribution in [2.24, 2.45) is 7.05 Å². The van der Waals surface area contributed by atoms with Crippen LogP contribution in [0.15, 0.2) is 71.5 Å². The Bertz CT molecular complexity index is 1690. The maximum atomic E-state index is 13.7. The normalized spacial score (nSPS) is 11.0. The first kappa shape index (κ1) is 23.9. The largest absolute Gasteiger partial charge is 0.497 e. The van der Waals surface area contributed by atoms with E-state index in [0.29, 0.717) is 33.8 Å². The van der Waals surface area contributed by atoms with Gasteiger partial charge in [0.15, 0.2) is 5.69 Å². The molecule has 9 heteroatoms. The number of benzene rings is 3. The highest BCUT2D eigenvalue weighted by Gasteiger charge is 2.23. The van der Waals surface area contributed by atoms with Gasteiger partial charge in [0.25, 0.3) is 11.5 Å². The van der Waals surface area contributed by atoms with E-state index < -0.39 is 5.91 Å². The third-order valence-corrected chi connectivity index (χ3v) is 6.40. The number of carbonyl (C=O) groups excluding carboxylic acids is 1. The molecule has 0 aliphatic rings. The van der Waals surface area contributed by atoms with Crippen LogP contribution in [0, 0.1) is 0 Å². The summed E-state index contributed by atoms with van der Waals surface area (Å²) in [6.45, 7) is 0.196. The Morgan fingerprint density at radius 1 is 0.919 bits per heavy atom. The van der Waals surface area contributed by atoms with Crippen LogP contribution in [-0.4, -0.2) is 41.6 Å². The van der Waals surface area contributed by atoms with Crippen molar-refractivity contribution in [3.63, 3.8) is 0 Å². The van der Waals surface area contributed by atoms with Gasteiger partial charge >= 0.3 is 0 Å². The van der Waals surface area contributed by atoms with Crippen molar-refractivity contribution in [3.05, 3.63) is 88.3 Å². The average molecular weight is 499 g/mol. The Morgan fingerprint density at radius 2 is 1.62 bits per heavy atom. The first-order valence-electron chi connectivity index (χ1n) is 11.6. The molecule has 0 aliphatic carbocycles. The van der Waals surface area contributed by atoms with Gasteiger partial charge in [-0.15, -0.1) is 0 Å². The van der Waals surface area contributed by atoms with E-state index in [-0.39, 0.29) is 17.8 Å². The number of nitrogens with one attached hydrogen (secondary N) is 1. The molecule has 0 saturated heterocycles. The molecule has 0 radical (unpaired) electrons. The highest BCUT2D eigenvalue weighted by Crippen LogP contribution is 2.29. The minimum atomic E-state index is -0.415. The molecule has 0 fully saturated rings. The number of ether oxygens (including phenoxy) is 3. The van der Waals surface area contributed by atoms with Gasteiger partial charge in [-0.25, -0.2) is 0 Å². The molecule has 2 heterocycles. The SMILES string of the molecule is COc1ccc(-n2nc(C(=O)NCc3ccc(OC)cc3OC)c3c4ccccc4n(C)c3c2=O)cc1. The van der Waals surface area contributed by atoms with Crippen LogP contribution >= 0.6 is 0 Å². The number of hydrogen-bond acceptors (Lipinski definition) is 6. The van der Waals surface area contributed by atoms with Crippen molar-refractivity contribution in [1.29, 1.82) is 0 Å². The van der Waals surface area contributed by atoms with Gasteiger partial charge in [0.2, 0.25) is 0 Å². The van der Waals surface area contributed by atoms with Gasteiger partial charge in [0.05, 0.1) is 27.0 Å². The molecule has 1 N–H and O–H groups in total. The molecule has 5 aromatic rings. The van der Waals surface area contributed by atoms with Gasteiger partial charge < -0.3 is 24.1 Å². The van der Waals surface area contributed by atoms with Gasteiger partial charge in [-0.3, -0.25) is 9.59 Å². The highest BCUT2D eigenvalue weighted by molar-refractivity contribution is 6.16. The monoisotopic (exact) mass is 498 g/mol. The molecule has 0 atom stereocenters. The lowest BCUT2D eigenvalue weighted by Crippen LogP contribution is -2.30. The number of hydrogen-bond donors (Lipinski definition) is 1. The van der Waals surface area contributed by atoms with E-state index >= 15 is 0 Å². The second-order valence-electron chi connectivity index (χ2n) is 8.42. The minimum Gasteiger partial charge on any atom is -0.497 e. The van der Waals surface area contributed by atoms with Crippen LogP contribution in [0.25, 0.3) is 27.5 Å². The fraction of sp³-hybridized carbons (Fsp3) is 0.179. The molecule has 188 valence electrons. The Hall–Kier alpha value is -4.79. The molecule has 9 nitrogen and oxygen atoms in total. The van der Waals surface area contributed by atoms with E-state index in [2.05, 4.69) is 10.4 Å². The number of para-hydroxylation sites is 1. The van der Waals surface area contributed by atoms with Crippen LogP contribution in [0.1, 0.15) is 16.1 Å². The molecular weight excluding hydrogens is 472 g/mol. The van der Waals surface area contributed by atoms with E-state index in [4.69, 9.17) is 14.2 Å². The van der Waals surface area contributed by atoms with E-state index in [1.807, 2.05) is 37.4 Å². The number of carbonyl (C=O) groups is 1. The van der Waals surface area contributed by atoms with Crippen LogP contribution in [0.3, 0.4) is 0 Å². The topological polar surface area (TPSA) is 96.6 Å². The van der Waals surface area contributed by atoms with Crippen LogP contribution in [0.4, 0.5) is 0 Å². The third-order valence-electron chi connectivity index (χ3n) is 6.40. The maximum Gasteiger partial charge on any atom is 0.296 e. The summed E-state index contributed by atoms with van der Waals surface area (Å²) in [5.74, 6) is 1.47. The first-order valence-corrected chi connectivity index (χ1v) is 11.6. The number of methoxy groups -OCH3 is 3. The molecular formula is C28H26N4O5. The average Bonchev–Trinajstić information content (AvgIpc) is 3.25. The van der Waals surface area contributed by atoms with Crippen molar-refractivity contribution in [2.45, 2.75) is 6.54 Å². The quantitative estimate of drug-likeness (QED) is 0.366. The highest BCUT2D eigenvalue weighted by atomic mass is 16.5. The van der Waals surface area contributed by atoms with Crippen LogP contribution < -0.4 is 25.1 Å². The number of amides is 1. The molecule has 3 aromatic carbocycles. The fourth-order valence-electron chi connectivity index (χ4n) is 4.49. The molecule has 0 unspecified atom stereocenters. The number of rotatable bonds is 7. The lowest BCUT2D eigenvalue weighted by molar-refractivity contribution is 0.0946. The Labute approximate surface area is 212 Å². The lowest BCUT2D eigenvalue weighted by atomic mass is 10.1. The standard InChI is InChI=1S/C28H26N4O5/c1-31-22-8-6-5-7-21(22)24-25(27(33)29-16-17-9-12-20(36-3)15-23(17)37-4)30-32(28(34)26(24)31)18-10-13-19(35-2)14-11-18/h5-15H,16H2,1-4H3,(H,29,33). The van der Waals surface area contributed by atoms with Crippen molar-refractivity contribution in [2.75, 3.05) is 21.3 Å². The zero-order valence-corrected chi connectivity index (χ0v) is 20.9. The summed E-state index contributed by atoms with van der Waals surface area (Å²) in [4.78, 5) is 27.3.